The lowest BCUT2D eigenvalue weighted by molar-refractivity contribution is -0.0958. The van der Waals surface area contributed by atoms with Gasteiger partial charge >= 0.3 is 0 Å². The van der Waals surface area contributed by atoms with Gasteiger partial charge in [0.05, 0.1) is 6.61 Å². The van der Waals surface area contributed by atoms with Crippen LogP contribution in [-0.4, -0.2) is 18.0 Å². The minimum absolute atomic E-state index is 0.470. The molecular weight excluding hydrogens is 200 g/mol. The Morgan fingerprint density at radius 1 is 1.12 bits per heavy atom. The summed E-state index contributed by atoms with van der Waals surface area (Å²) in [5.74, 6) is 0. The molecule has 1 unspecified atom stereocenters. The number of aliphatic hydroxyl groups is 1. The fourth-order valence-electron chi connectivity index (χ4n) is 1.60. The normalized spacial score (nSPS) is 12.7. The standard InChI is InChI=1S/C14H28O2/c1-4-5-6-7-8-9-10-11-14(15)16-12-13(2)3/h14-15H,2,4-12H2,1,3H3. The van der Waals surface area contributed by atoms with Crippen molar-refractivity contribution < 1.29 is 9.84 Å². The summed E-state index contributed by atoms with van der Waals surface area (Å²) in [4.78, 5) is 0. The smallest absolute Gasteiger partial charge is 0.154 e. The van der Waals surface area contributed by atoms with Gasteiger partial charge in [-0.25, -0.2) is 0 Å². The van der Waals surface area contributed by atoms with Gasteiger partial charge in [0.15, 0.2) is 6.29 Å². The van der Waals surface area contributed by atoms with Gasteiger partial charge in [0.25, 0.3) is 0 Å². The van der Waals surface area contributed by atoms with Crippen LogP contribution < -0.4 is 0 Å². The number of unbranched alkanes of at least 4 members (excludes halogenated alkanes) is 6. The summed E-state index contributed by atoms with van der Waals surface area (Å²) >= 11 is 0. The third-order valence-electron chi connectivity index (χ3n) is 2.58. The number of hydrogen-bond acceptors (Lipinski definition) is 2. The zero-order chi connectivity index (χ0) is 12.2. The number of aliphatic hydroxyl groups excluding tert-OH is 1. The van der Waals surface area contributed by atoms with Crippen molar-refractivity contribution >= 4 is 0 Å². The Bertz CT molecular complexity index is 166. The van der Waals surface area contributed by atoms with E-state index in [2.05, 4.69) is 13.5 Å². The molecule has 0 aromatic rings. The summed E-state index contributed by atoms with van der Waals surface area (Å²) in [5, 5.41) is 9.48. The number of hydrogen-bond donors (Lipinski definition) is 1. The zero-order valence-corrected chi connectivity index (χ0v) is 11.0. The van der Waals surface area contributed by atoms with Crippen LogP contribution in [0.5, 0.6) is 0 Å². The highest BCUT2D eigenvalue weighted by Crippen LogP contribution is 2.10. The van der Waals surface area contributed by atoms with Crippen LogP contribution in [0.1, 0.15) is 65.2 Å². The summed E-state index contributed by atoms with van der Waals surface area (Å²) in [5.41, 5.74) is 0.957. The lowest BCUT2D eigenvalue weighted by atomic mass is 10.1. The van der Waals surface area contributed by atoms with Crippen molar-refractivity contribution in [2.45, 2.75) is 71.5 Å². The molecule has 0 bridgehead atoms. The van der Waals surface area contributed by atoms with Crippen LogP contribution in [0.15, 0.2) is 12.2 Å². The first-order chi connectivity index (χ1) is 7.66. The lowest BCUT2D eigenvalue weighted by Gasteiger charge is -2.11. The first kappa shape index (κ1) is 15.7. The van der Waals surface area contributed by atoms with Crippen molar-refractivity contribution in [3.63, 3.8) is 0 Å². The van der Waals surface area contributed by atoms with Gasteiger partial charge in [-0.1, -0.05) is 57.6 Å². The first-order valence-electron chi connectivity index (χ1n) is 6.61. The average molecular weight is 228 g/mol. The van der Waals surface area contributed by atoms with Gasteiger partial charge in [0.1, 0.15) is 0 Å². The van der Waals surface area contributed by atoms with Crippen molar-refractivity contribution in [2.75, 3.05) is 6.61 Å². The fourth-order valence-corrected chi connectivity index (χ4v) is 1.60. The van der Waals surface area contributed by atoms with Crippen LogP contribution in [-0.2, 0) is 4.74 Å². The summed E-state index contributed by atoms with van der Waals surface area (Å²) in [6.07, 6.45) is 9.03. The van der Waals surface area contributed by atoms with E-state index in [4.69, 9.17) is 4.74 Å². The highest BCUT2D eigenvalue weighted by molar-refractivity contribution is 4.87. The quantitative estimate of drug-likeness (QED) is 0.328. The molecule has 0 amide bonds. The molecule has 2 heteroatoms. The summed E-state index contributed by atoms with van der Waals surface area (Å²) in [6.45, 7) is 8.33. The third kappa shape index (κ3) is 11.7. The van der Waals surface area contributed by atoms with E-state index < -0.39 is 6.29 Å². The van der Waals surface area contributed by atoms with Gasteiger partial charge in [0, 0.05) is 0 Å². The Kier molecular flexibility index (Phi) is 10.9. The van der Waals surface area contributed by atoms with Gasteiger partial charge in [-0.3, -0.25) is 0 Å². The second kappa shape index (κ2) is 11.2. The minimum atomic E-state index is -0.604. The van der Waals surface area contributed by atoms with Crippen LogP contribution in [0, 0.1) is 0 Å². The molecule has 0 aromatic heterocycles. The molecule has 0 aliphatic rings. The number of ether oxygens (including phenoxy) is 1. The second-order valence-electron chi connectivity index (χ2n) is 4.63. The van der Waals surface area contributed by atoms with Crippen molar-refractivity contribution in [3.8, 4) is 0 Å². The molecule has 0 rings (SSSR count). The molecule has 0 heterocycles. The van der Waals surface area contributed by atoms with Gasteiger partial charge < -0.3 is 9.84 Å². The molecular formula is C14H28O2. The fraction of sp³-hybridized carbons (Fsp3) is 0.857. The summed E-state index contributed by atoms with van der Waals surface area (Å²) < 4.78 is 5.20. The van der Waals surface area contributed by atoms with E-state index in [1.165, 1.54) is 38.5 Å². The van der Waals surface area contributed by atoms with Crippen molar-refractivity contribution in [3.05, 3.63) is 12.2 Å². The Morgan fingerprint density at radius 3 is 2.25 bits per heavy atom. The van der Waals surface area contributed by atoms with Crippen LogP contribution in [0.25, 0.3) is 0 Å². The van der Waals surface area contributed by atoms with Crippen molar-refractivity contribution in [1.29, 1.82) is 0 Å². The minimum Gasteiger partial charge on any atom is -0.368 e. The SMILES string of the molecule is C=C(C)COC(O)CCCCCCCCC. The van der Waals surface area contributed by atoms with E-state index in [0.717, 1.165) is 18.4 Å². The van der Waals surface area contributed by atoms with Gasteiger partial charge in [-0.15, -0.1) is 0 Å². The van der Waals surface area contributed by atoms with Crippen molar-refractivity contribution in [2.24, 2.45) is 0 Å². The van der Waals surface area contributed by atoms with E-state index in [0.29, 0.717) is 6.61 Å². The summed E-state index contributed by atoms with van der Waals surface area (Å²) in [7, 11) is 0. The highest BCUT2D eigenvalue weighted by atomic mass is 16.6. The largest absolute Gasteiger partial charge is 0.368 e. The molecule has 0 aliphatic carbocycles. The maximum Gasteiger partial charge on any atom is 0.154 e. The molecule has 1 N–H and O–H groups in total. The molecule has 0 radical (unpaired) electrons. The van der Waals surface area contributed by atoms with Crippen LogP contribution in [0.2, 0.25) is 0 Å². The molecule has 96 valence electrons. The highest BCUT2D eigenvalue weighted by Gasteiger charge is 2.03. The van der Waals surface area contributed by atoms with Crippen molar-refractivity contribution in [1.82, 2.24) is 0 Å². The van der Waals surface area contributed by atoms with Crippen LogP contribution >= 0.6 is 0 Å². The first-order valence-corrected chi connectivity index (χ1v) is 6.61. The van der Waals surface area contributed by atoms with E-state index >= 15 is 0 Å². The Hall–Kier alpha value is -0.340. The monoisotopic (exact) mass is 228 g/mol. The molecule has 1 atom stereocenters. The van der Waals surface area contributed by atoms with Gasteiger partial charge in [-0.05, 0) is 19.8 Å². The second-order valence-corrected chi connectivity index (χ2v) is 4.63. The van der Waals surface area contributed by atoms with Gasteiger partial charge in [-0.2, -0.15) is 0 Å². The Labute approximate surface area is 101 Å². The zero-order valence-electron chi connectivity index (χ0n) is 11.0. The van der Waals surface area contributed by atoms with Gasteiger partial charge in [0.2, 0.25) is 0 Å². The topological polar surface area (TPSA) is 29.5 Å². The maximum absolute atomic E-state index is 9.48. The lowest BCUT2D eigenvalue weighted by Crippen LogP contribution is -2.12. The third-order valence-corrected chi connectivity index (χ3v) is 2.58. The average Bonchev–Trinajstić information content (AvgIpc) is 2.25. The molecule has 0 saturated carbocycles. The summed E-state index contributed by atoms with van der Waals surface area (Å²) in [6, 6.07) is 0. The molecule has 16 heavy (non-hydrogen) atoms. The van der Waals surface area contributed by atoms with E-state index in [-0.39, 0.29) is 0 Å². The molecule has 0 spiro atoms. The Balaban J connectivity index is 3.15. The molecule has 0 fully saturated rings. The molecule has 0 aromatic carbocycles. The van der Waals surface area contributed by atoms with Crippen LogP contribution in [0.4, 0.5) is 0 Å². The van der Waals surface area contributed by atoms with E-state index in [9.17, 15) is 5.11 Å². The van der Waals surface area contributed by atoms with E-state index in [1.54, 1.807) is 0 Å². The predicted octanol–water partition coefficient (Wildman–Crippen LogP) is 4.04. The maximum atomic E-state index is 9.48. The molecule has 0 saturated heterocycles. The molecule has 0 aliphatic heterocycles. The van der Waals surface area contributed by atoms with Crippen LogP contribution in [0.3, 0.4) is 0 Å². The van der Waals surface area contributed by atoms with E-state index in [1.807, 2.05) is 6.92 Å². The number of rotatable bonds is 11. The Morgan fingerprint density at radius 2 is 1.69 bits per heavy atom. The molecule has 2 nitrogen and oxygen atoms in total. The predicted molar refractivity (Wildman–Crippen MR) is 69.4 cm³/mol.